The van der Waals surface area contributed by atoms with Crippen LogP contribution < -0.4 is 5.32 Å². The zero-order chi connectivity index (χ0) is 18.2. The van der Waals surface area contributed by atoms with Crippen LogP contribution in [0.4, 0.5) is 5.69 Å². The van der Waals surface area contributed by atoms with E-state index in [0.717, 1.165) is 32.6 Å². The van der Waals surface area contributed by atoms with Gasteiger partial charge in [0, 0.05) is 23.0 Å². The van der Waals surface area contributed by atoms with Gasteiger partial charge in [-0.3, -0.25) is 4.79 Å². The number of nitrogens with one attached hydrogen (secondary N) is 1. The fourth-order valence-corrected chi connectivity index (χ4v) is 4.08. The van der Waals surface area contributed by atoms with E-state index >= 15 is 0 Å². The van der Waals surface area contributed by atoms with Crippen LogP contribution in [0.15, 0.2) is 81.9 Å². The molecule has 0 aliphatic carbocycles. The highest BCUT2D eigenvalue weighted by molar-refractivity contribution is 8.02. The lowest BCUT2D eigenvalue weighted by atomic mass is 10.1. The number of rotatable bonds is 7. The van der Waals surface area contributed by atoms with Crippen molar-refractivity contribution in [1.82, 2.24) is 9.97 Å². The van der Waals surface area contributed by atoms with Crippen LogP contribution in [0.3, 0.4) is 0 Å². The first-order chi connectivity index (χ1) is 12.8. The minimum atomic E-state index is -0.0442. The molecule has 1 N–H and O–H groups in total. The van der Waals surface area contributed by atoms with Gasteiger partial charge < -0.3 is 5.32 Å². The lowest BCUT2D eigenvalue weighted by Crippen LogP contribution is -2.15. The molecule has 4 nitrogen and oxygen atoms in total. The minimum absolute atomic E-state index is 0.0442. The Hall–Kier alpha value is -2.31. The zero-order valence-corrected chi connectivity index (χ0v) is 16.0. The van der Waals surface area contributed by atoms with E-state index < -0.39 is 0 Å². The summed E-state index contributed by atoms with van der Waals surface area (Å²) in [5, 5.41) is 4.56. The number of aromatic nitrogens is 2. The normalized spacial score (nSPS) is 10.5. The molecule has 1 amide bonds. The molecule has 0 spiro atoms. The number of hydrogen-bond acceptors (Lipinski definition) is 5. The van der Waals surface area contributed by atoms with Crippen LogP contribution in [-0.4, -0.2) is 21.6 Å². The molecule has 0 aliphatic rings. The smallest absolute Gasteiger partial charge is 0.234 e. The van der Waals surface area contributed by atoms with Gasteiger partial charge in [0.2, 0.25) is 5.91 Å². The predicted molar refractivity (Wildman–Crippen MR) is 108 cm³/mol. The summed E-state index contributed by atoms with van der Waals surface area (Å²) in [5.74, 6) is 0.247. The van der Waals surface area contributed by atoms with E-state index in [1.165, 1.54) is 11.8 Å². The van der Waals surface area contributed by atoms with Gasteiger partial charge in [0.15, 0.2) is 0 Å². The number of carbonyl (C=O) groups is 1. The van der Waals surface area contributed by atoms with Crippen molar-refractivity contribution in [3.05, 3.63) is 72.6 Å². The SMILES string of the molecule is CCc1ccccc1NC(=O)CSc1nccnc1Sc1ccccc1. The number of carbonyl (C=O) groups excluding carboxylic acids is 1. The first kappa shape index (κ1) is 18.5. The molecule has 0 saturated heterocycles. The van der Waals surface area contributed by atoms with Gasteiger partial charge in [-0.15, -0.1) is 0 Å². The number of nitrogens with zero attached hydrogens (tertiary/aromatic N) is 2. The summed E-state index contributed by atoms with van der Waals surface area (Å²) in [6.07, 6.45) is 4.21. The van der Waals surface area contributed by atoms with Gasteiger partial charge in [-0.05, 0) is 30.2 Å². The third-order valence-corrected chi connectivity index (χ3v) is 5.71. The van der Waals surface area contributed by atoms with Crippen LogP contribution in [0.2, 0.25) is 0 Å². The number of aryl methyl sites for hydroxylation is 1. The Balaban J connectivity index is 1.63. The number of hydrogen-bond donors (Lipinski definition) is 1. The number of thioether (sulfide) groups is 1. The average Bonchev–Trinajstić information content (AvgIpc) is 2.68. The first-order valence-corrected chi connectivity index (χ1v) is 10.1. The quantitative estimate of drug-likeness (QED) is 0.589. The molecular formula is C20H19N3OS2. The van der Waals surface area contributed by atoms with Crippen molar-refractivity contribution in [2.45, 2.75) is 28.3 Å². The van der Waals surface area contributed by atoms with Crippen molar-refractivity contribution < 1.29 is 4.79 Å². The molecule has 6 heteroatoms. The van der Waals surface area contributed by atoms with Crippen molar-refractivity contribution in [1.29, 1.82) is 0 Å². The molecule has 0 fully saturated rings. The van der Waals surface area contributed by atoms with Crippen LogP contribution in [-0.2, 0) is 11.2 Å². The van der Waals surface area contributed by atoms with Gasteiger partial charge >= 0.3 is 0 Å². The van der Waals surface area contributed by atoms with Crippen LogP contribution >= 0.6 is 23.5 Å². The summed E-state index contributed by atoms with van der Waals surface area (Å²) in [4.78, 5) is 22.2. The number of amides is 1. The van der Waals surface area contributed by atoms with Crippen molar-refractivity contribution in [3.63, 3.8) is 0 Å². The Kier molecular flexibility index (Phi) is 6.68. The van der Waals surface area contributed by atoms with Gasteiger partial charge in [0.25, 0.3) is 0 Å². The zero-order valence-electron chi connectivity index (χ0n) is 14.4. The summed E-state index contributed by atoms with van der Waals surface area (Å²) in [6, 6.07) is 17.9. The molecule has 1 aromatic heterocycles. The largest absolute Gasteiger partial charge is 0.325 e. The average molecular weight is 382 g/mol. The molecule has 26 heavy (non-hydrogen) atoms. The predicted octanol–water partition coefficient (Wildman–Crippen LogP) is 4.92. The molecule has 0 unspecified atom stereocenters. The summed E-state index contributed by atoms with van der Waals surface area (Å²) in [6.45, 7) is 2.08. The minimum Gasteiger partial charge on any atom is -0.325 e. The van der Waals surface area contributed by atoms with Gasteiger partial charge in [0.05, 0.1) is 5.75 Å². The fourth-order valence-electron chi connectivity index (χ4n) is 2.35. The molecule has 0 saturated carbocycles. The van der Waals surface area contributed by atoms with E-state index in [4.69, 9.17) is 0 Å². The van der Waals surface area contributed by atoms with E-state index in [-0.39, 0.29) is 5.91 Å². The maximum Gasteiger partial charge on any atom is 0.234 e. The number of anilines is 1. The van der Waals surface area contributed by atoms with Gasteiger partial charge in [0.1, 0.15) is 10.1 Å². The van der Waals surface area contributed by atoms with E-state index in [1.807, 2.05) is 54.6 Å². The Morgan fingerprint density at radius 1 is 0.962 bits per heavy atom. The number of para-hydroxylation sites is 1. The molecule has 2 aromatic carbocycles. The lowest BCUT2D eigenvalue weighted by molar-refractivity contribution is -0.113. The molecule has 132 valence electrons. The van der Waals surface area contributed by atoms with Crippen molar-refractivity contribution in [2.24, 2.45) is 0 Å². The highest BCUT2D eigenvalue weighted by atomic mass is 32.2. The molecule has 0 bridgehead atoms. The first-order valence-electron chi connectivity index (χ1n) is 8.30. The Labute approximate surface area is 161 Å². The second-order valence-corrected chi connectivity index (χ2v) is 7.46. The maximum absolute atomic E-state index is 12.3. The number of benzene rings is 2. The monoisotopic (exact) mass is 381 g/mol. The van der Waals surface area contributed by atoms with Crippen molar-refractivity contribution in [2.75, 3.05) is 11.1 Å². The Morgan fingerprint density at radius 2 is 1.65 bits per heavy atom. The molecule has 0 aliphatic heterocycles. The van der Waals surface area contributed by atoms with Crippen molar-refractivity contribution >= 4 is 35.1 Å². The molecular weight excluding hydrogens is 362 g/mol. The van der Waals surface area contributed by atoms with Crippen LogP contribution in [0.1, 0.15) is 12.5 Å². The van der Waals surface area contributed by atoms with Crippen molar-refractivity contribution in [3.8, 4) is 0 Å². The van der Waals surface area contributed by atoms with Gasteiger partial charge in [-0.1, -0.05) is 66.8 Å². The van der Waals surface area contributed by atoms with Gasteiger partial charge in [-0.25, -0.2) is 9.97 Å². The third-order valence-electron chi connectivity index (χ3n) is 3.60. The highest BCUT2D eigenvalue weighted by Crippen LogP contribution is 2.32. The summed E-state index contributed by atoms with van der Waals surface area (Å²) < 4.78 is 0. The standard InChI is InChI=1S/C20H19N3OS2/c1-2-15-8-6-7-11-17(15)23-18(24)14-25-19-20(22-13-12-21-19)26-16-9-4-3-5-10-16/h3-13H,2,14H2,1H3,(H,23,24). The van der Waals surface area contributed by atoms with Gasteiger partial charge in [-0.2, -0.15) is 0 Å². The van der Waals surface area contributed by atoms with E-state index in [9.17, 15) is 4.79 Å². The third kappa shape index (κ3) is 5.09. The van der Waals surface area contributed by atoms with E-state index in [2.05, 4.69) is 22.2 Å². The Bertz CT molecular complexity index is 872. The van der Waals surface area contributed by atoms with Crippen LogP contribution in [0.5, 0.6) is 0 Å². The lowest BCUT2D eigenvalue weighted by Gasteiger charge is -2.10. The highest BCUT2D eigenvalue weighted by Gasteiger charge is 2.11. The summed E-state index contributed by atoms with van der Waals surface area (Å²) >= 11 is 2.95. The topological polar surface area (TPSA) is 54.9 Å². The van der Waals surface area contributed by atoms with E-state index in [1.54, 1.807) is 24.2 Å². The summed E-state index contributed by atoms with van der Waals surface area (Å²) in [7, 11) is 0. The maximum atomic E-state index is 12.3. The second-order valence-electron chi connectivity index (χ2n) is 5.43. The second kappa shape index (κ2) is 9.40. The van der Waals surface area contributed by atoms with Crippen LogP contribution in [0, 0.1) is 0 Å². The molecule has 1 heterocycles. The fraction of sp³-hybridized carbons (Fsp3) is 0.150. The summed E-state index contributed by atoms with van der Waals surface area (Å²) in [5.41, 5.74) is 2.00. The molecule has 0 atom stereocenters. The molecule has 3 aromatic rings. The molecule has 0 radical (unpaired) electrons. The van der Waals surface area contributed by atoms with Crippen LogP contribution in [0.25, 0.3) is 0 Å². The molecule has 3 rings (SSSR count). The van der Waals surface area contributed by atoms with E-state index in [0.29, 0.717) is 5.75 Å². The Morgan fingerprint density at radius 3 is 2.42 bits per heavy atom.